The standard InChI is InChI=1S/C17H21ClN4O/c18-15-6-4-14(5-7-15)17(23)13-22-12-16(19-20-22)8-11-21-9-2-1-3-10-21/h4-7,12H,1-3,8-11,13H2. The van der Waals surface area contributed by atoms with Crippen LogP contribution < -0.4 is 0 Å². The first-order valence-corrected chi connectivity index (χ1v) is 8.48. The van der Waals surface area contributed by atoms with Gasteiger partial charge in [0.1, 0.15) is 6.54 Å². The first-order chi connectivity index (χ1) is 11.2. The first-order valence-electron chi connectivity index (χ1n) is 8.11. The van der Waals surface area contributed by atoms with Crippen LogP contribution in [0.4, 0.5) is 0 Å². The molecule has 0 saturated carbocycles. The van der Waals surface area contributed by atoms with Crippen LogP contribution >= 0.6 is 11.6 Å². The van der Waals surface area contributed by atoms with E-state index in [4.69, 9.17) is 11.6 Å². The third-order valence-corrected chi connectivity index (χ3v) is 4.44. The van der Waals surface area contributed by atoms with Crippen molar-refractivity contribution in [1.82, 2.24) is 19.9 Å². The molecule has 1 aliphatic rings. The van der Waals surface area contributed by atoms with E-state index in [1.54, 1.807) is 28.9 Å². The van der Waals surface area contributed by atoms with Crippen LogP contribution in [0, 0.1) is 0 Å². The number of nitrogens with zero attached hydrogens (tertiary/aromatic N) is 4. The fraction of sp³-hybridized carbons (Fsp3) is 0.471. The molecule has 0 atom stereocenters. The van der Waals surface area contributed by atoms with E-state index in [-0.39, 0.29) is 12.3 Å². The van der Waals surface area contributed by atoms with Gasteiger partial charge in [0.15, 0.2) is 5.78 Å². The van der Waals surface area contributed by atoms with E-state index in [9.17, 15) is 4.79 Å². The van der Waals surface area contributed by atoms with Gasteiger partial charge in [-0.15, -0.1) is 5.10 Å². The third kappa shape index (κ3) is 4.62. The van der Waals surface area contributed by atoms with Gasteiger partial charge in [0, 0.05) is 29.7 Å². The summed E-state index contributed by atoms with van der Waals surface area (Å²) < 4.78 is 1.61. The molecule has 0 N–H and O–H groups in total. The molecule has 5 nitrogen and oxygen atoms in total. The largest absolute Gasteiger partial charge is 0.303 e. The molecule has 1 fully saturated rings. The Bertz CT molecular complexity index is 647. The van der Waals surface area contributed by atoms with E-state index in [0.717, 1.165) is 18.7 Å². The van der Waals surface area contributed by atoms with E-state index in [2.05, 4.69) is 15.2 Å². The fourth-order valence-corrected chi connectivity index (χ4v) is 2.99. The summed E-state index contributed by atoms with van der Waals surface area (Å²) in [5.74, 6) is 0.00847. The van der Waals surface area contributed by atoms with Crippen LogP contribution in [0.15, 0.2) is 30.5 Å². The molecule has 2 heterocycles. The molecule has 3 rings (SSSR count). The molecule has 0 spiro atoms. The van der Waals surface area contributed by atoms with Crippen molar-refractivity contribution in [3.63, 3.8) is 0 Å². The Morgan fingerprint density at radius 3 is 2.61 bits per heavy atom. The summed E-state index contributed by atoms with van der Waals surface area (Å²) in [5.41, 5.74) is 1.58. The molecule has 1 aliphatic heterocycles. The molecule has 1 aromatic carbocycles. The van der Waals surface area contributed by atoms with Crippen LogP contribution in [0.1, 0.15) is 35.3 Å². The number of ketones is 1. The molecular weight excluding hydrogens is 312 g/mol. The van der Waals surface area contributed by atoms with Gasteiger partial charge in [-0.2, -0.15) is 0 Å². The van der Waals surface area contributed by atoms with E-state index in [0.29, 0.717) is 10.6 Å². The summed E-state index contributed by atoms with van der Waals surface area (Å²) >= 11 is 5.84. The summed E-state index contributed by atoms with van der Waals surface area (Å²) in [6, 6.07) is 6.91. The molecule has 1 aromatic heterocycles. The summed E-state index contributed by atoms with van der Waals surface area (Å²) in [7, 11) is 0. The van der Waals surface area contributed by atoms with Crippen molar-refractivity contribution in [2.75, 3.05) is 19.6 Å². The van der Waals surface area contributed by atoms with Crippen LogP contribution in [0.2, 0.25) is 5.02 Å². The molecule has 0 bridgehead atoms. The Balaban J connectivity index is 1.52. The van der Waals surface area contributed by atoms with E-state index >= 15 is 0 Å². The normalized spacial score (nSPS) is 15.7. The minimum atomic E-state index is 0.00847. The number of likely N-dealkylation sites (tertiary alicyclic amines) is 1. The Kier molecular flexibility index (Phi) is 5.41. The SMILES string of the molecule is O=C(Cn1cc(CCN2CCCCC2)nn1)c1ccc(Cl)cc1. The zero-order chi connectivity index (χ0) is 16.1. The Hall–Kier alpha value is -1.72. The van der Waals surface area contributed by atoms with Crippen molar-refractivity contribution in [2.45, 2.75) is 32.2 Å². The average Bonchev–Trinajstić information content (AvgIpc) is 3.02. The smallest absolute Gasteiger partial charge is 0.184 e. The van der Waals surface area contributed by atoms with Crippen LogP contribution in [-0.4, -0.2) is 45.3 Å². The number of carbonyl (C=O) groups is 1. The summed E-state index contributed by atoms with van der Waals surface area (Å²) in [6.07, 6.45) is 6.69. The molecule has 23 heavy (non-hydrogen) atoms. The highest BCUT2D eigenvalue weighted by atomic mass is 35.5. The fourth-order valence-electron chi connectivity index (χ4n) is 2.86. The summed E-state index contributed by atoms with van der Waals surface area (Å²) in [4.78, 5) is 14.7. The second-order valence-corrected chi connectivity index (χ2v) is 6.43. The first kappa shape index (κ1) is 16.1. The van der Waals surface area contributed by atoms with Gasteiger partial charge in [-0.3, -0.25) is 4.79 Å². The number of Topliss-reactive ketones (excluding diaryl/α,β-unsaturated/α-hetero) is 1. The van der Waals surface area contributed by atoms with Crippen LogP contribution in [0.3, 0.4) is 0 Å². The molecule has 122 valence electrons. The number of piperidine rings is 1. The van der Waals surface area contributed by atoms with E-state index in [1.807, 2.05) is 6.20 Å². The highest BCUT2D eigenvalue weighted by Crippen LogP contribution is 2.11. The molecule has 0 aliphatic carbocycles. The third-order valence-electron chi connectivity index (χ3n) is 4.19. The lowest BCUT2D eigenvalue weighted by molar-refractivity contribution is 0.0967. The number of halogens is 1. The second kappa shape index (κ2) is 7.70. The number of rotatable bonds is 6. The topological polar surface area (TPSA) is 51.0 Å². The van der Waals surface area contributed by atoms with Gasteiger partial charge >= 0.3 is 0 Å². The zero-order valence-electron chi connectivity index (χ0n) is 13.1. The highest BCUT2D eigenvalue weighted by Gasteiger charge is 2.12. The van der Waals surface area contributed by atoms with E-state index in [1.165, 1.54) is 32.4 Å². The molecule has 0 amide bonds. The van der Waals surface area contributed by atoms with Gasteiger partial charge in [0.2, 0.25) is 0 Å². The maximum absolute atomic E-state index is 12.2. The van der Waals surface area contributed by atoms with Crippen LogP contribution in [-0.2, 0) is 13.0 Å². The molecule has 0 unspecified atom stereocenters. The maximum Gasteiger partial charge on any atom is 0.184 e. The number of hydrogen-bond acceptors (Lipinski definition) is 4. The highest BCUT2D eigenvalue weighted by molar-refractivity contribution is 6.30. The summed E-state index contributed by atoms with van der Waals surface area (Å²) in [6.45, 7) is 3.59. The van der Waals surface area contributed by atoms with Gasteiger partial charge in [0.05, 0.1) is 5.69 Å². The lowest BCUT2D eigenvalue weighted by Crippen LogP contribution is -2.31. The second-order valence-electron chi connectivity index (χ2n) is 5.99. The predicted molar refractivity (Wildman–Crippen MR) is 89.8 cm³/mol. The minimum Gasteiger partial charge on any atom is -0.303 e. The van der Waals surface area contributed by atoms with Gasteiger partial charge in [0.25, 0.3) is 0 Å². The van der Waals surface area contributed by atoms with Crippen molar-refractivity contribution in [3.8, 4) is 0 Å². The zero-order valence-corrected chi connectivity index (χ0v) is 13.9. The van der Waals surface area contributed by atoms with Crippen molar-refractivity contribution in [3.05, 3.63) is 46.7 Å². The number of hydrogen-bond donors (Lipinski definition) is 0. The monoisotopic (exact) mass is 332 g/mol. The molecule has 0 radical (unpaired) electrons. The Labute approximate surface area is 141 Å². The van der Waals surface area contributed by atoms with Gasteiger partial charge in [-0.05, 0) is 50.2 Å². The Morgan fingerprint density at radius 2 is 1.87 bits per heavy atom. The van der Waals surface area contributed by atoms with Crippen LogP contribution in [0.25, 0.3) is 0 Å². The lowest BCUT2D eigenvalue weighted by Gasteiger charge is -2.25. The van der Waals surface area contributed by atoms with Gasteiger partial charge < -0.3 is 4.90 Å². The number of carbonyl (C=O) groups excluding carboxylic acids is 1. The van der Waals surface area contributed by atoms with Crippen molar-refractivity contribution in [2.24, 2.45) is 0 Å². The molecule has 2 aromatic rings. The van der Waals surface area contributed by atoms with Crippen LogP contribution in [0.5, 0.6) is 0 Å². The average molecular weight is 333 g/mol. The Morgan fingerprint density at radius 1 is 1.13 bits per heavy atom. The van der Waals surface area contributed by atoms with E-state index < -0.39 is 0 Å². The van der Waals surface area contributed by atoms with Crippen molar-refractivity contribution in [1.29, 1.82) is 0 Å². The summed E-state index contributed by atoms with van der Waals surface area (Å²) in [5, 5.41) is 8.87. The van der Waals surface area contributed by atoms with Gasteiger partial charge in [-0.1, -0.05) is 23.2 Å². The lowest BCUT2D eigenvalue weighted by atomic mass is 10.1. The molecule has 1 saturated heterocycles. The molecular formula is C17H21ClN4O. The van der Waals surface area contributed by atoms with Crippen molar-refractivity contribution < 1.29 is 4.79 Å². The minimum absolute atomic E-state index is 0.00847. The van der Waals surface area contributed by atoms with Crippen molar-refractivity contribution >= 4 is 17.4 Å². The van der Waals surface area contributed by atoms with Gasteiger partial charge in [-0.25, -0.2) is 4.68 Å². The number of benzene rings is 1. The molecule has 6 heteroatoms. The maximum atomic E-state index is 12.2. The number of aromatic nitrogens is 3. The predicted octanol–water partition coefficient (Wildman–Crippen LogP) is 2.84. The quantitative estimate of drug-likeness (QED) is 0.763.